The lowest BCUT2D eigenvalue weighted by atomic mass is 10.2. The van der Waals surface area contributed by atoms with E-state index >= 15 is 0 Å². The summed E-state index contributed by atoms with van der Waals surface area (Å²) in [5.41, 5.74) is 0.598. The molecule has 0 bridgehead atoms. The first-order valence-corrected chi connectivity index (χ1v) is 8.57. The number of benzene rings is 1. The van der Waals surface area contributed by atoms with Gasteiger partial charge in [-0.25, -0.2) is 4.68 Å². The summed E-state index contributed by atoms with van der Waals surface area (Å²) in [6.45, 7) is 0.386. The second kappa shape index (κ2) is 8.24. The number of thioether (sulfide) groups is 1. The predicted molar refractivity (Wildman–Crippen MR) is 94.2 cm³/mol. The second-order valence-electron chi connectivity index (χ2n) is 4.81. The highest BCUT2D eigenvalue weighted by Crippen LogP contribution is 2.30. The summed E-state index contributed by atoms with van der Waals surface area (Å²) < 4.78 is 1.28. The van der Waals surface area contributed by atoms with Gasteiger partial charge in [-0.2, -0.15) is 5.26 Å². The fourth-order valence-electron chi connectivity index (χ4n) is 1.81. The molecule has 0 saturated carbocycles. The third-order valence-corrected chi connectivity index (χ3v) is 4.62. The number of nitrogen functional groups attached to an aromatic ring is 1. The number of halogens is 2. The molecule has 0 atom stereocenters. The Balaban J connectivity index is 2.08. The number of aromatic nitrogens is 3. The summed E-state index contributed by atoms with van der Waals surface area (Å²) >= 11 is 13.2. The lowest BCUT2D eigenvalue weighted by Crippen LogP contribution is -2.29. The minimum Gasteiger partial charge on any atom is -0.344 e. The smallest absolute Gasteiger partial charge is 0.232 e. The van der Waals surface area contributed by atoms with E-state index in [1.807, 2.05) is 6.07 Å². The Labute approximate surface area is 153 Å². The largest absolute Gasteiger partial charge is 0.344 e. The van der Waals surface area contributed by atoms with Gasteiger partial charge in [-0.1, -0.05) is 35.0 Å². The molecule has 1 aromatic heterocycles. The average Bonchev–Trinajstić information content (AvgIpc) is 2.91. The van der Waals surface area contributed by atoms with Crippen molar-refractivity contribution in [2.75, 3.05) is 25.2 Å². The van der Waals surface area contributed by atoms with Crippen molar-refractivity contribution in [2.24, 2.45) is 0 Å². The number of nitrogens with zero attached hydrogens (tertiary/aromatic N) is 5. The Morgan fingerprint density at radius 2 is 2.21 bits per heavy atom. The molecule has 0 radical (unpaired) electrons. The molecule has 0 saturated heterocycles. The molecule has 0 spiro atoms. The van der Waals surface area contributed by atoms with Crippen molar-refractivity contribution in [1.29, 1.82) is 5.26 Å². The summed E-state index contributed by atoms with van der Waals surface area (Å²) in [6, 6.07) is 6.97. The Bertz CT molecular complexity index is 788. The molecule has 0 unspecified atom stereocenters. The summed E-state index contributed by atoms with van der Waals surface area (Å²) in [4.78, 5) is 13.5. The Morgan fingerprint density at radius 3 is 2.88 bits per heavy atom. The quantitative estimate of drug-likeness (QED) is 0.606. The second-order valence-corrected chi connectivity index (χ2v) is 6.60. The summed E-state index contributed by atoms with van der Waals surface area (Å²) in [6.07, 6.45) is 0.291. The van der Waals surface area contributed by atoms with Crippen LogP contribution in [0.25, 0.3) is 11.4 Å². The van der Waals surface area contributed by atoms with Gasteiger partial charge >= 0.3 is 0 Å². The van der Waals surface area contributed by atoms with Crippen LogP contribution in [0.5, 0.6) is 0 Å². The van der Waals surface area contributed by atoms with Crippen LogP contribution >= 0.6 is 35.0 Å². The average molecular weight is 385 g/mol. The van der Waals surface area contributed by atoms with Crippen molar-refractivity contribution < 1.29 is 4.79 Å². The van der Waals surface area contributed by atoms with Crippen LogP contribution in [0, 0.1) is 11.3 Å². The molecular formula is C14H14Cl2N6OS. The van der Waals surface area contributed by atoms with E-state index in [0.29, 0.717) is 39.6 Å². The van der Waals surface area contributed by atoms with Gasteiger partial charge in [0, 0.05) is 24.2 Å². The summed E-state index contributed by atoms with van der Waals surface area (Å²) in [5.74, 6) is 6.40. The van der Waals surface area contributed by atoms with Crippen molar-refractivity contribution in [3.05, 3.63) is 28.2 Å². The fourth-order valence-corrected chi connectivity index (χ4v) is 3.10. The third kappa shape index (κ3) is 4.32. The molecule has 2 N–H and O–H groups in total. The van der Waals surface area contributed by atoms with E-state index in [9.17, 15) is 4.79 Å². The number of amides is 1. The van der Waals surface area contributed by atoms with Crippen LogP contribution in [0.15, 0.2) is 23.4 Å². The van der Waals surface area contributed by atoms with E-state index in [0.717, 1.165) is 11.8 Å². The Hall–Kier alpha value is -1.95. The van der Waals surface area contributed by atoms with Gasteiger partial charge in [0.1, 0.15) is 0 Å². The molecule has 24 heavy (non-hydrogen) atoms. The van der Waals surface area contributed by atoms with Crippen molar-refractivity contribution in [2.45, 2.75) is 11.6 Å². The zero-order valence-corrected chi connectivity index (χ0v) is 15.1. The fraction of sp³-hybridized carbons (Fsp3) is 0.286. The number of nitriles is 1. The first-order chi connectivity index (χ1) is 11.4. The zero-order valence-electron chi connectivity index (χ0n) is 12.7. The van der Waals surface area contributed by atoms with Gasteiger partial charge in [0.2, 0.25) is 11.1 Å². The normalized spacial score (nSPS) is 10.4. The molecule has 2 aromatic rings. The number of nitrogens with two attached hydrogens (primary N) is 1. The summed E-state index contributed by atoms with van der Waals surface area (Å²) in [5, 5.41) is 17.8. The topological polar surface area (TPSA) is 101 Å². The maximum absolute atomic E-state index is 12.0. The molecule has 126 valence electrons. The minimum atomic E-state index is -0.121. The number of hydrogen-bond donors (Lipinski definition) is 1. The van der Waals surface area contributed by atoms with Crippen LogP contribution < -0.4 is 5.84 Å². The van der Waals surface area contributed by atoms with Gasteiger partial charge in [-0.3, -0.25) is 4.79 Å². The zero-order chi connectivity index (χ0) is 17.7. The highest BCUT2D eigenvalue weighted by molar-refractivity contribution is 7.99. The van der Waals surface area contributed by atoms with Gasteiger partial charge in [0.25, 0.3) is 0 Å². The maximum atomic E-state index is 12.0. The molecule has 0 aliphatic carbocycles. The Morgan fingerprint density at radius 1 is 1.46 bits per heavy atom. The molecular weight excluding hydrogens is 371 g/mol. The van der Waals surface area contributed by atoms with Gasteiger partial charge in [-0.15, -0.1) is 10.2 Å². The number of rotatable bonds is 6. The number of hydrogen-bond acceptors (Lipinski definition) is 6. The van der Waals surface area contributed by atoms with Gasteiger partial charge in [0.05, 0.1) is 23.3 Å². The van der Waals surface area contributed by atoms with E-state index < -0.39 is 0 Å². The van der Waals surface area contributed by atoms with Crippen molar-refractivity contribution in [1.82, 2.24) is 19.8 Å². The van der Waals surface area contributed by atoms with E-state index in [1.165, 1.54) is 9.58 Å². The molecule has 7 nitrogen and oxygen atoms in total. The molecule has 1 aromatic carbocycles. The maximum Gasteiger partial charge on any atom is 0.232 e. The first-order valence-electron chi connectivity index (χ1n) is 6.83. The van der Waals surface area contributed by atoms with Crippen LogP contribution in [-0.4, -0.2) is 45.0 Å². The molecule has 0 aliphatic rings. The van der Waals surface area contributed by atoms with E-state index in [1.54, 1.807) is 25.2 Å². The molecule has 0 aliphatic heterocycles. The lowest BCUT2D eigenvalue weighted by Gasteiger charge is -2.14. The van der Waals surface area contributed by atoms with Crippen LogP contribution in [0.3, 0.4) is 0 Å². The van der Waals surface area contributed by atoms with Crippen LogP contribution in [0.1, 0.15) is 6.42 Å². The van der Waals surface area contributed by atoms with Crippen molar-refractivity contribution >= 4 is 40.9 Å². The first kappa shape index (κ1) is 18.4. The lowest BCUT2D eigenvalue weighted by molar-refractivity contribution is -0.127. The van der Waals surface area contributed by atoms with Gasteiger partial charge in [-0.05, 0) is 18.2 Å². The molecule has 1 heterocycles. The van der Waals surface area contributed by atoms with Crippen LogP contribution in [0.4, 0.5) is 0 Å². The summed E-state index contributed by atoms with van der Waals surface area (Å²) in [7, 11) is 1.65. The van der Waals surface area contributed by atoms with Gasteiger partial charge in [0.15, 0.2) is 5.82 Å². The highest BCUT2D eigenvalue weighted by atomic mass is 35.5. The monoisotopic (exact) mass is 384 g/mol. The van der Waals surface area contributed by atoms with Crippen LogP contribution in [-0.2, 0) is 4.79 Å². The standard InChI is InChI=1S/C14H14Cl2N6OS/c1-21(6-2-5-17)12(23)8-24-14-20-19-13(22(14)18)10-4-3-9(15)7-11(10)16/h3-4,7H,2,6,8,18H2,1H3. The molecule has 0 fully saturated rings. The Kier molecular flexibility index (Phi) is 6.31. The van der Waals surface area contributed by atoms with E-state index in [4.69, 9.17) is 34.3 Å². The van der Waals surface area contributed by atoms with Crippen LogP contribution in [0.2, 0.25) is 10.0 Å². The molecule has 10 heteroatoms. The number of carbonyl (C=O) groups is 1. The number of carbonyl (C=O) groups excluding carboxylic acids is 1. The third-order valence-electron chi connectivity index (χ3n) is 3.15. The highest BCUT2D eigenvalue weighted by Gasteiger charge is 2.17. The molecule has 2 rings (SSSR count). The van der Waals surface area contributed by atoms with Crippen molar-refractivity contribution in [3.8, 4) is 17.5 Å². The van der Waals surface area contributed by atoms with Crippen molar-refractivity contribution in [3.63, 3.8) is 0 Å². The van der Waals surface area contributed by atoms with E-state index in [-0.39, 0.29) is 11.7 Å². The van der Waals surface area contributed by atoms with E-state index in [2.05, 4.69) is 10.2 Å². The van der Waals surface area contributed by atoms with Gasteiger partial charge < -0.3 is 10.7 Å². The molecule has 1 amide bonds. The minimum absolute atomic E-state index is 0.121. The SMILES string of the molecule is CN(CCC#N)C(=O)CSc1nnc(-c2ccc(Cl)cc2Cl)n1N. The predicted octanol–water partition coefficient (Wildman–Crippen LogP) is 2.43.